The number of carbonyl (C=O) groups excluding carboxylic acids is 3. The number of carboxylic acids is 1. The van der Waals surface area contributed by atoms with Gasteiger partial charge in [-0.3, -0.25) is 18.6 Å². The highest BCUT2D eigenvalue weighted by Gasteiger charge is 2.26. The Morgan fingerprint density at radius 1 is 0.471 bits per heavy atom. The zero-order valence-electron chi connectivity index (χ0n) is 42.0. The predicted octanol–water partition coefficient (Wildman–Crippen LogP) is 13.1. The van der Waals surface area contributed by atoms with Crippen LogP contribution in [0.4, 0.5) is 0 Å². The molecule has 13 heteroatoms. The maximum absolute atomic E-state index is 12.7. The smallest absolute Gasteiger partial charge is 0.472 e. The largest absolute Gasteiger partial charge is 0.478 e. The average Bonchev–Trinajstić information content (AvgIpc) is 3.31. The van der Waals surface area contributed by atoms with Crippen LogP contribution in [0, 0.1) is 47.4 Å². The summed E-state index contributed by atoms with van der Waals surface area (Å²) in [5.74, 6) is 21.1. The Balaban J connectivity index is 4.51. The number of ether oxygens (including phenoxy) is 3. The summed E-state index contributed by atoms with van der Waals surface area (Å²) in [6.07, 6.45) is 35.5. The van der Waals surface area contributed by atoms with Crippen molar-refractivity contribution in [3.8, 4) is 47.4 Å². The number of hydrogen-bond acceptors (Lipinski definition) is 10. The molecule has 0 spiro atoms. The van der Waals surface area contributed by atoms with Crippen molar-refractivity contribution in [2.45, 2.75) is 238 Å². The second-order valence-corrected chi connectivity index (χ2v) is 18.6. The molecule has 0 aromatic carbocycles. The van der Waals surface area contributed by atoms with E-state index in [1.54, 1.807) is 0 Å². The highest BCUT2D eigenvalue weighted by atomic mass is 31.2. The number of rotatable bonds is 44. The van der Waals surface area contributed by atoms with Crippen molar-refractivity contribution in [1.29, 1.82) is 0 Å². The molecule has 384 valence electrons. The summed E-state index contributed by atoms with van der Waals surface area (Å²) in [6.45, 7) is 2.51. The van der Waals surface area contributed by atoms with E-state index >= 15 is 0 Å². The summed E-state index contributed by atoms with van der Waals surface area (Å²) in [6, 6.07) is 0. The third kappa shape index (κ3) is 49.9. The first-order valence-corrected chi connectivity index (χ1v) is 27.5. The predicted molar refractivity (Wildman–Crippen MR) is 270 cm³/mol. The van der Waals surface area contributed by atoms with Gasteiger partial charge in [0.25, 0.3) is 0 Å². The molecule has 0 aromatic heterocycles. The molecule has 0 fully saturated rings. The molecule has 0 aromatic rings. The third-order valence-corrected chi connectivity index (χ3v) is 11.7. The van der Waals surface area contributed by atoms with Gasteiger partial charge in [0.2, 0.25) is 0 Å². The van der Waals surface area contributed by atoms with Gasteiger partial charge in [0, 0.05) is 50.7 Å². The van der Waals surface area contributed by atoms with Crippen LogP contribution in [0.1, 0.15) is 232 Å². The zero-order valence-corrected chi connectivity index (χ0v) is 42.9. The minimum Gasteiger partial charge on any atom is -0.478 e. The molecular weight excluding hydrogens is 884 g/mol. The molecule has 0 heterocycles. The van der Waals surface area contributed by atoms with Crippen molar-refractivity contribution in [3.05, 3.63) is 12.2 Å². The molecule has 12 nitrogen and oxygen atoms in total. The number of phosphoric ester groups is 1. The molecule has 0 saturated heterocycles. The molecule has 0 aliphatic heterocycles. The van der Waals surface area contributed by atoms with E-state index in [-0.39, 0.29) is 19.4 Å². The van der Waals surface area contributed by atoms with Crippen molar-refractivity contribution in [1.82, 2.24) is 0 Å². The van der Waals surface area contributed by atoms with E-state index in [2.05, 4.69) is 61.2 Å². The summed E-state index contributed by atoms with van der Waals surface area (Å²) in [4.78, 5) is 57.5. The Morgan fingerprint density at radius 2 is 0.853 bits per heavy atom. The van der Waals surface area contributed by atoms with Gasteiger partial charge in [-0.2, -0.15) is 0 Å². The van der Waals surface area contributed by atoms with E-state index < -0.39 is 57.6 Å². The third-order valence-electron chi connectivity index (χ3n) is 10.8. The molecule has 0 radical (unpaired) electrons. The minimum atomic E-state index is -4.70. The first-order valence-electron chi connectivity index (χ1n) is 26.1. The van der Waals surface area contributed by atoms with Crippen LogP contribution in [0.25, 0.3) is 0 Å². The van der Waals surface area contributed by atoms with E-state index in [1.807, 2.05) is 0 Å². The maximum Gasteiger partial charge on any atom is 0.472 e. The normalized spacial score (nSPS) is 11.9. The van der Waals surface area contributed by atoms with Gasteiger partial charge >= 0.3 is 31.7 Å². The average molecular weight is 971 g/mol. The van der Waals surface area contributed by atoms with Gasteiger partial charge in [0.1, 0.15) is 13.2 Å². The lowest BCUT2D eigenvalue weighted by Gasteiger charge is -2.20. The van der Waals surface area contributed by atoms with Gasteiger partial charge < -0.3 is 24.2 Å². The molecule has 2 atom stereocenters. The molecule has 0 bridgehead atoms. The number of carboxylic acid groups (broad SMARTS) is 1. The van der Waals surface area contributed by atoms with Gasteiger partial charge in [0.15, 0.2) is 6.10 Å². The van der Waals surface area contributed by atoms with Crippen molar-refractivity contribution in [2.75, 3.05) is 26.4 Å². The molecule has 0 saturated carbocycles. The van der Waals surface area contributed by atoms with Crippen molar-refractivity contribution >= 4 is 31.7 Å². The SMILES string of the molecule is CCCCCCCCCCC#CC#CCCCCCCCCC(=O)OC[C@@H](COP(=O)(O)OCCOC(=O)/C=C/C(=O)O)OC(=O)CCCCCCCCC#CC#CCCCCCCCCCC. The van der Waals surface area contributed by atoms with Crippen LogP contribution in [0.5, 0.6) is 0 Å². The van der Waals surface area contributed by atoms with E-state index in [0.717, 1.165) is 103 Å². The first-order chi connectivity index (χ1) is 33.1. The van der Waals surface area contributed by atoms with Crippen LogP contribution in [0.15, 0.2) is 12.2 Å². The van der Waals surface area contributed by atoms with Crippen LogP contribution in [-0.4, -0.2) is 66.4 Å². The second kappa shape index (κ2) is 49.4. The van der Waals surface area contributed by atoms with Crippen LogP contribution in [0.3, 0.4) is 0 Å². The topological polar surface area (TPSA) is 172 Å². The fourth-order valence-electron chi connectivity index (χ4n) is 6.82. The Kier molecular flexibility index (Phi) is 46.5. The second-order valence-electron chi connectivity index (χ2n) is 17.1. The number of esters is 3. The number of hydrogen-bond donors (Lipinski definition) is 2. The Hall–Kier alpha value is -4.03. The summed E-state index contributed by atoms with van der Waals surface area (Å²) in [5, 5.41) is 8.59. The maximum atomic E-state index is 12.7. The fraction of sp³-hybridized carbons (Fsp3) is 0.745. The van der Waals surface area contributed by atoms with Crippen molar-refractivity contribution < 1.29 is 57.0 Å². The molecule has 1 unspecified atom stereocenters. The van der Waals surface area contributed by atoms with Crippen molar-refractivity contribution in [2.24, 2.45) is 0 Å². The molecular formula is C55H87O12P. The highest BCUT2D eigenvalue weighted by molar-refractivity contribution is 7.47. The standard InChI is InChI=1S/C55H87O12P/c1-3-5-7-9-11-13-15-17-19-21-23-25-27-29-31-33-35-37-39-41-43-53(58)64-49-51(50-66-68(61,62)65-48-47-63-54(59)46-45-52(56)57)67-55(60)44-42-40-38-36-34-32-30-28-26-24-22-20-18-16-14-12-10-8-6-4-2/h45-46,51H,3-20,29-44,47-50H2,1-2H3,(H,56,57)(H,61,62)/b46-45+/t51-/m0/s1. The van der Waals surface area contributed by atoms with E-state index in [1.165, 1.54) is 89.9 Å². The highest BCUT2D eigenvalue weighted by Crippen LogP contribution is 2.43. The van der Waals surface area contributed by atoms with Gasteiger partial charge in [-0.1, -0.05) is 179 Å². The Labute approximate surface area is 411 Å². The Morgan fingerprint density at radius 3 is 1.26 bits per heavy atom. The lowest BCUT2D eigenvalue weighted by atomic mass is 10.1. The number of carbonyl (C=O) groups is 4. The van der Waals surface area contributed by atoms with Crippen LogP contribution in [0.2, 0.25) is 0 Å². The zero-order chi connectivity index (χ0) is 49.9. The van der Waals surface area contributed by atoms with Crippen LogP contribution in [-0.2, 0) is 47.0 Å². The summed E-state index contributed by atoms with van der Waals surface area (Å²) >= 11 is 0. The summed E-state index contributed by atoms with van der Waals surface area (Å²) < 4.78 is 37.9. The van der Waals surface area contributed by atoms with Gasteiger partial charge in [-0.15, -0.1) is 0 Å². The lowest BCUT2D eigenvalue weighted by Crippen LogP contribution is -2.29. The minimum absolute atomic E-state index is 0.114. The number of aliphatic carboxylic acids is 1. The quantitative estimate of drug-likeness (QED) is 0.0148. The van der Waals surface area contributed by atoms with E-state index in [0.29, 0.717) is 25.0 Å². The lowest BCUT2D eigenvalue weighted by molar-refractivity contribution is -0.161. The van der Waals surface area contributed by atoms with Crippen molar-refractivity contribution in [3.63, 3.8) is 0 Å². The molecule has 0 amide bonds. The van der Waals surface area contributed by atoms with Gasteiger partial charge in [0.05, 0.1) is 13.2 Å². The Bertz CT molecular complexity index is 1640. The van der Waals surface area contributed by atoms with E-state index in [9.17, 15) is 28.6 Å². The monoisotopic (exact) mass is 971 g/mol. The molecule has 0 aliphatic rings. The fourth-order valence-corrected chi connectivity index (χ4v) is 7.55. The molecule has 0 rings (SSSR count). The van der Waals surface area contributed by atoms with Gasteiger partial charge in [-0.25, -0.2) is 14.2 Å². The van der Waals surface area contributed by atoms with E-state index in [4.69, 9.17) is 28.4 Å². The number of phosphoric acid groups is 1. The molecule has 68 heavy (non-hydrogen) atoms. The summed E-state index contributed by atoms with van der Waals surface area (Å²) in [5.41, 5.74) is 0. The van der Waals surface area contributed by atoms with Crippen LogP contribution >= 0.6 is 7.82 Å². The summed E-state index contributed by atoms with van der Waals surface area (Å²) in [7, 11) is -4.70. The van der Waals surface area contributed by atoms with Crippen LogP contribution < -0.4 is 0 Å². The van der Waals surface area contributed by atoms with Gasteiger partial charge in [-0.05, 0) is 62.2 Å². The molecule has 0 aliphatic carbocycles. The number of unbranched alkanes of at least 4 members (excludes halogenated alkanes) is 28. The molecule has 2 N–H and O–H groups in total. The first kappa shape index (κ1) is 64.0.